The molecule has 1 saturated carbocycles. The van der Waals surface area contributed by atoms with Gasteiger partial charge in [0.2, 0.25) is 10.0 Å². The molecule has 1 heterocycles. The predicted molar refractivity (Wildman–Crippen MR) is 81.2 cm³/mol. The molecule has 1 aromatic heterocycles. The summed E-state index contributed by atoms with van der Waals surface area (Å²) in [4.78, 5) is 0.828. The normalized spacial score (nSPS) is 17.4. The Balaban J connectivity index is 2.35. The third kappa shape index (κ3) is 3.24. The molecule has 20 heavy (non-hydrogen) atoms. The zero-order valence-corrected chi connectivity index (χ0v) is 13.7. The molecule has 0 amide bonds. The Bertz CT molecular complexity index is 530. The Morgan fingerprint density at radius 3 is 2.60 bits per heavy atom. The number of sulfonamides is 1. The van der Waals surface area contributed by atoms with Crippen LogP contribution in [0.15, 0.2) is 16.3 Å². The van der Waals surface area contributed by atoms with Gasteiger partial charge < -0.3 is 5.11 Å². The highest BCUT2D eigenvalue weighted by Gasteiger charge is 2.35. The van der Waals surface area contributed by atoms with Gasteiger partial charge in [0.15, 0.2) is 0 Å². The summed E-state index contributed by atoms with van der Waals surface area (Å²) in [5, 5.41) is 11.1. The summed E-state index contributed by atoms with van der Waals surface area (Å²) in [6.07, 6.45) is 4.10. The van der Waals surface area contributed by atoms with E-state index in [-0.39, 0.29) is 17.5 Å². The third-order valence-electron chi connectivity index (χ3n) is 3.71. The van der Waals surface area contributed by atoms with Crippen LogP contribution in [0.4, 0.5) is 0 Å². The van der Waals surface area contributed by atoms with E-state index in [4.69, 9.17) is 0 Å². The van der Waals surface area contributed by atoms with Crippen molar-refractivity contribution in [2.75, 3.05) is 6.54 Å². The summed E-state index contributed by atoms with van der Waals surface area (Å²) < 4.78 is 27.5. The minimum atomic E-state index is -3.50. The van der Waals surface area contributed by atoms with Gasteiger partial charge in [-0.15, -0.1) is 11.3 Å². The third-order valence-corrected chi connectivity index (χ3v) is 6.75. The largest absolute Gasteiger partial charge is 0.391 e. The Labute approximate surface area is 125 Å². The first-order valence-electron chi connectivity index (χ1n) is 7.16. The van der Waals surface area contributed by atoms with Crippen molar-refractivity contribution in [3.63, 3.8) is 0 Å². The molecule has 1 fully saturated rings. The Morgan fingerprint density at radius 1 is 1.40 bits per heavy atom. The van der Waals surface area contributed by atoms with Crippen LogP contribution in [0, 0.1) is 5.92 Å². The van der Waals surface area contributed by atoms with Gasteiger partial charge in [0.25, 0.3) is 0 Å². The fraction of sp³-hybridized carbons (Fsp3) is 0.714. The van der Waals surface area contributed by atoms with Crippen molar-refractivity contribution >= 4 is 21.4 Å². The minimum Gasteiger partial charge on any atom is -0.391 e. The topological polar surface area (TPSA) is 57.6 Å². The second kappa shape index (κ2) is 6.56. The van der Waals surface area contributed by atoms with E-state index in [0.29, 0.717) is 17.3 Å². The second-order valence-corrected chi connectivity index (χ2v) is 8.63. The van der Waals surface area contributed by atoms with Crippen LogP contribution < -0.4 is 0 Å². The van der Waals surface area contributed by atoms with E-state index in [9.17, 15) is 13.5 Å². The molecule has 1 aliphatic carbocycles. The molecular formula is C14H23NO3S2. The lowest BCUT2D eigenvalue weighted by Gasteiger charge is -2.29. The number of hydrogen-bond acceptors (Lipinski definition) is 4. The Kier molecular flexibility index (Phi) is 5.23. The molecule has 1 aliphatic rings. The predicted octanol–water partition coefficient (Wildman–Crippen LogP) is 2.83. The van der Waals surface area contributed by atoms with Gasteiger partial charge in [-0.05, 0) is 30.2 Å². The van der Waals surface area contributed by atoms with Crippen LogP contribution in [0.3, 0.4) is 0 Å². The number of rotatable bonds is 6. The number of hydrogen-bond donors (Lipinski definition) is 1. The molecule has 0 bridgehead atoms. The molecule has 0 spiro atoms. The highest BCUT2D eigenvalue weighted by atomic mass is 32.2. The zero-order valence-electron chi connectivity index (χ0n) is 12.1. The quantitative estimate of drug-likeness (QED) is 0.877. The maximum absolute atomic E-state index is 12.9. The summed E-state index contributed by atoms with van der Waals surface area (Å²) >= 11 is 1.30. The van der Waals surface area contributed by atoms with Crippen LogP contribution in [0.5, 0.6) is 0 Å². The highest BCUT2D eigenvalue weighted by Crippen LogP contribution is 2.32. The van der Waals surface area contributed by atoms with Crippen LogP contribution >= 0.6 is 11.3 Å². The van der Waals surface area contributed by atoms with Crippen LogP contribution in [0.25, 0.3) is 0 Å². The van der Waals surface area contributed by atoms with Crippen molar-refractivity contribution in [2.45, 2.75) is 57.1 Å². The maximum Gasteiger partial charge on any atom is 0.244 e. The lowest BCUT2D eigenvalue weighted by Crippen LogP contribution is -2.41. The fourth-order valence-corrected chi connectivity index (χ4v) is 5.91. The standard InChI is InChI=1S/C14H23NO3S2/c1-11(2)9-15(12-5-3-4-6-12)20(17,18)14-7-8-19-13(14)10-16/h7-8,11-12,16H,3-6,9-10H2,1-2H3. The minimum absolute atomic E-state index is 0.119. The van der Waals surface area contributed by atoms with Crippen molar-refractivity contribution in [2.24, 2.45) is 5.92 Å². The second-order valence-electron chi connectivity index (χ2n) is 5.77. The summed E-state index contributed by atoms with van der Waals surface area (Å²) in [7, 11) is -3.50. The van der Waals surface area contributed by atoms with Crippen molar-refractivity contribution in [1.82, 2.24) is 4.31 Å². The average Bonchev–Trinajstić information content (AvgIpc) is 3.06. The molecule has 4 nitrogen and oxygen atoms in total. The number of aliphatic hydroxyl groups excluding tert-OH is 1. The van der Waals surface area contributed by atoms with Crippen molar-refractivity contribution in [1.29, 1.82) is 0 Å². The van der Waals surface area contributed by atoms with Gasteiger partial charge in [0.1, 0.15) is 0 Å². The van der Waals surface area contributed by atoms with Gasteiger partial charge in [-0.1, -0.05) is 26.7 Å². The molecular weight excluding hydrogens is 294 g/mol. The van der Waals surface area contributed by atoms with E-state index in [0.717, 1.165) is 25.7 Å². The summed E-state index contributed by atoms with van der Waals surface area (Å²) in [6, 6.07) is 1.74. The SMILES string of the molecule is CC(C)CN(C1CCCC1)S(=O)(=O)c1ccsc1CO. The lowest BCUT2D eigenvalue weighted by molar-refractivity contribution is 0.278. The maximum atomic E-state index is 12.9. The van der Waals surface area contributed by atoms with Gasteiger partial charge in [-0.2, -0.15) is 4.31 Å². The summed E-state index contributed by atoms with van der Waals surface area (Å²) in [6.45, 7) is 4.41. The van der Waals surface area contributed by atoms with Gasteiger partial charge in [-0.25, -0.2) is 8.42 Å². The van der Waals surface area contributed by atoms with E-state index in [2.05, 4.69) is 0 Å². The lowest BCUT2D eigenvalue weighted by atomic mass is 10.2. The summed E-state index contributed by atoms with van der Waals surface area (Å²) in [5.74, 6) is 0.293. The Hall–Kier alpha value is -0.430. The Morgan fingerprint density at radius 2 is 2.05 bits per heavy atom. The molecule has 114 valence electrons. The van der Waals surface area contributed by atoms with E-state index in [1.807, 2.05) is 13.8 Å². The van der Waals surface area contributed by atoms with E-state index >= 15 is 0 Å². The number of nitrogens with zero attached hydrogens (tertiary/aromatic N) is 1. The van der Waals surface area contributed by atoms with Crippen LogP contribution in [-0.4, -0.2) is 30.4 Å². The molecule has 1 aromatic rings. The molecule has 0 atom stereocenters. The number of aliphatic hydroxyl groups is 1. The fourth-order valence-electron chi connectivity index (χ4n) is 2.80. The molecule has 1 N–H and O–H groups in total. The van der Waals surface area contributed by atoms with Crippen molar-refractivity contribution < 1.29 is 13.5 Å². The van der Waals surface area contributed by atoms with Gasteiger partial charge in [0.05, 0.1) is 11.5 Å². The average molecular weight is 317 g/mol. The first kappa shape index (κ1) is 15.9. The van der Waals surface area contributed by atoms with Crippen LogP contribution in [-0.2, 0) is 16.6 Å². The van der Waals surface area contributed by atoms with Crippen LogP contribution in [0.1, 0.15) is 44.4 Å². The molecule has 0 saturated heterocycles. The van der Waals surface area contributed by atoms with Gasteiger partial charge >= 0.3 is 0 Å². The van der Waals surface area contributed by atoms with E-state index in [1.165, 1.54) is 11.3 Å². The summed E-state index contributed by atoms with van der Waals surface area (Å²) in [5.41, 5.74) is 0. The molecule has 0 radical (unpaired) electrons. The molecule has 0 aromatic carbocycles. The monoisotopic (exact) mass is 317 g/mol. The van der Waals surface area contributed by atoms with E-state index < -0.39 is 10.0 Å². The van der Waals surface area contributed by atoms with E-state index in [1.54, 1.807) is 15.8 Å². The van der Waals surface area contributed by atoms with Gasteiger partial charge in [-0.3, -0.25) is 0 Å². The highest BCUT2D eigenvalue weighted by molar-refractivity contribution is 7.89. The van der Waals surface area contributed by atoms with Crippen molar-refractivity contribution in [3.05, 3.63) is 16.3 Å². The first-order valence-corrected chi connectivity index (χ1v) is 9.48. The molecule has 6 heteroatoms. The molecule has 0 aliphatic heterocycles. The molecule has 0 unspecified atom stereocenters. The first-order chi connectivity index (χ1) is 9.46. The van der Waals surface area contributed by atoms with Gasteiger partial charge in [0, 0.05) is 17.5 Å². The smallest absolute Gasteiger partial charge is 0.244 e. The van der Waals surface area contributed by atoms with Crippen molar-refractivity contribution in [3.8, 4) is 0 Å². The molecule has 2 rings (SSSR count). The van der Waals surface area contributed by atoms with Crippen LogP contribution in [0.2, 0.25) is 0 Å². The number of thiophene rings is 1. The zero-order chi connectivity index (χ0) is 14.8.